The molecule has 0 aliphatic rings. The highest BCUT2D eigenvalue weighted by atomic mass is 19.1. The van der Waals surface area contributed by atoms with Crippen molar-refractivity contribution in [1.29, 1.82) is 0 Å². The van der Waals surface area contributed by atoms with Crippen LogP contribution in [-0.4, -0.2) is 18.8 Å². The van der Waals surface area contributed by atoms with Crippen LogP contribution in [0.5, 0.6) is 0 Å². The maximum atomic E-state index is 12.9. The van der Waals surface area contributed by atoms with Gasteiger partial charge in [0, 0.05) is 12.1 Å². The molecule has 0 amide bonds. The highest BCUT2D eigenvalue weighted by Gasteiger charge is 2.20. The van der Waals surface area contributed by atoms with Gasteiger partial charge in [0.15, 0.2) is 0 Å². The largest absolute Gasteiger partial charge is 0.380 e. The molecule has 0 heterocycles. The van der Waals surface area contributed by atoms with E-state index < -0.39 is 5.54 Å². The Balaban J connectivity index is 2.71. The molecule has 0 fully saturated rings. The highest BCUT2D eigenvalue weighted by molar-refractivity contribution is 5.28. The van der Waals surface area contributed by atoms with Gasteiger partial charge < -0.3 is 10.5 Å². The first kappa shape index (κ1) is 13.1. The third-order valence-electron chi connectivity index (χ3n) is 2.53. The van der Waals surface area contributed by atoms with Crippen molar-refractivity contribution in [3.63, 3.8) is 0 Å². The zero-order valence-corrected chi connectivity index (χ0v) is 10.2. The summed E-state index contributed by atoms with van der Waals surface area (Å²) in [5, 5.41) is 0. The molecule has 0 saturated heterocycles. The van der Waals surface area contributed by atoms with Crippen LogP contribution in [0.2, 0.25) is 0 Å². The molecule has 0 bridgehead atoms. The van der Waals surface area contributed by atoms with Gasteiger partial charge in [-0.1, -0.05) is 6.07 Å². The second-order valence-electron chi connectivity index (χ2n) is 4.54. The van der Waals surface area contributed by atoms with Crippen LogP contribution in [0.25, 0.3) is 0 Å². The SMILES string of the molecule is CCOCC(C)(N)Cc1ccc(F)cc1C. The minimum atomic E-state index is -0.404. The summed E-state index contributed by atoms with van der Waals surface area (Å²) in [5.41, 5.74) is 7.73. The number of ether oxygens (including phenoxy) is 1. The smallest absolute Gasteiger partial charge is 0.123 e. The van der Waals surface area contributed by atoms with Crippen LogP contribution in [0.4, 0.5) is 4.39 Å². The average Bonchev–Trinajstić information content (AvgIpc) is 2.19. The fraction of sp³-hybridized carbons (Fsp3) is 0.538. The molecule has 2 N–H and O–H groups in total. The molecule has 0 aromatic heterocycles. The molecule has 90 valence electrons. The van der Waals surface area contributed by atoms with E-state index in [0.717, 1.165) is 11.1 Å². The van der Waals surface area contributed by atoms with Gasteiger partial charge in [0.2, 0.25) is 0 Å². The molecule has 2 nitrogen and oxygen atoms in total. The summed E-state index contributed by atoms with van der Waals surface area (Å²) in [4.78, 5) is 0. The van der Waals surface area contributed by atoms with Crippen LogP contribution in [0, 0.1) is 12.7 Å². The maximum Gasteiger partial charge on any atom is 0.123 e. The standard InChI is InChI=1S/C13H20FNO/c1-4-16-9-13(3,15)8-11-5-6-12(14)7-10(11)2/h5-7H,4,8-9,15H2,1-3H3. The van der Waals surface area contributed by atoms with Gasteiger partial charge in [-0.3, -0.25) is 0 Å². The van der Waals surface area contributed by atoms with E-state index in [1.54, 1.807) is 6.07 Å². The van der Waals surface area contributed by atoms with E-state index in [9.17, 15) is 4.39 Å². The number of hydrogen-bond acceptors (Lipinski definition) is 2. The van der Waals surface area contributed by atoms with Crippen molar-refractivity contribution in [2.24, 2.45) is 5.73 Å². The van der Waals surface area contributed by atoms with Crippen molar-refractivity contribution in [3.05, 3.63) is 35.1 Å². The van der Waals surface area contributed by atoms with Gasteiger partial charge in [-0.05, 0) is 50.5 Å². The second-order valence-corrected chi connectivity index (χ2v) is 4.54. The van der Waals surface area contributed by atoms with Crippen molar-refractivity contribution < 1.29 is 9.13 Å². The third-order valence-corrected chi connectivity index (χ3v) is 2.53. The molecule has 1 unspecified atom stereocenters. The molecule has 0 saturated carbocycles. The number of nitrogens with two attached hydrogens (primary N) is 1. The Morgan fingerprint density at radius 2 is 2.12 bits per heavy atom. The topological polar surface area (TPSA) is 35.2 Å². The lowest BCUT2D eigenvalue weighted by molar-refractivity contribution is 0.101. The van der Waals surface area contributed by atoms with E-state index in [2.05, 4.69) is 0 Å². The lowest BCUT2D eigenvalue weighted by Gasteiger charge is -2.25. The molecule has 16 heavy (non-hydrogen) atoms. The summed E-state index contributed by atoms with van der Waals surface area (Å²) < 4.78 is 18.3. The first-order valence-electron chi connectivity index (χ1n) is 5.56. The van der Waals surface area contributed by atoms with Gasteiger partial charge in [-0.25, -0.2) is 4.39 Å². The summed E-state index contributed by atoms with van der Waals surface area (Å²) in [6, 6.07) is 4.80. The Morgan fingerprint density at radius 3 is 2.69 bits per heavy atom. The van der Waals surface area contributed by atoms with Crippen LogP contribution in [0.1, 0.15) is 25.0 Å². The van der Waals surface area contributed by atoms with Crippen LogP contribution in [0.15, 0.2) is 18.2 Å². The normalized spacial score (nSPS) is 14.8. The summed E-state index contributed by atoms with van der Waals surface area (Å²) in [5.74, 6) is -0.204. The monoisotopic (exact) mass is 225 g/mol. The molecule has 1 aromatic carbocycles. The molecule has 0 aliphatic heterocycles. The van der Waals surface area contributed by atoms with E-state index in [-0.39, 0.29) is 5.82 Å². The van der Waals surface area contributed by atoms with Crippen molar-refractivity contribution in [3.8, 4) is 0 Å². The number of benzene rings is 1. The van der Waals surface area contributed by atoms with Gasteiger partial charge in [-0.2, -0.15) is 0 Å². The molecule has 3 heteroatoms. The first-order chi connectivity index (χ1) is 7.44. The molecule has 1 rings (SSSR count). The van der Waals surface area contributed by atoms with E-state index in [1.807, 2.05) is 20.8 Å². The molecule has 0 aliphatic carbocycles. The minimum Gasteiger partial charge on any atom is -0.380 e. The van der Waals surface area contributed by atoms with Crippen molar-refractivity contribution in [2.75, 3.05) is 13.2 Å². The van der Waals surface area contributed by atoms with Gasteiger partial charge in [0.05, 0.1) is 6.61 Å². The first-order valence-corrected chi connectivity index (χ1v) is 5.56. The number of aryl methyl sites for hydroxylation is 1. The fourth-order valence-electron chi connectivity index (χ4n) is 1.68. The summed E-state index contributed by atoms with van der Waals surface area (Å²) in [7, 11) is 0. The number of rotatable bonds is 5. The van der Waals surface area contributed by atoms with Crippen molar-refractivity contribution in [1.82, 2.24) is 0 Å². The zero-order chi connectivity index (χ0) is 12.2. The Kier molecular flexibility index (Phi) is 4.44. The lowest BCUT2D eigenvalue weighted by atomic mass is 9.92. The van der Waals surface area contributed by atoms with Gasteiger partial charge in [0.25, 0.3) is 0 Å². The summed E-state index contributed by atoms with van der Waals surface area (Å²) >= 11 is 0. The highest BCUT2D eigenvalue weighted by Crippen LogP contribution is 2.16. The minimum absolute atomic E-state index is 0.204. The third kappa shape index (κ3) is 3.91. The number of hydrogen-bond donors (Lipinski definition) is 1. The fourth-order valence-corrected chi connectivity index (χ4v) is 1.68. The maximum absolute atomic E-state index is 12.9. The Morgan fingerprint density at radius 1 is 1.44 bits per heavy atom. The Hall–Kier alpha value is -0.930. The van der Waals surface area contributed by atoms with Gasteiger partial charge in [0.1, 0.15) is 5.82 Å². The summed E-state index contributed by atoms with van der Waals surface area (Å²) in [6.45, 7) is 6.97. The molecular weight excluding hydrogens is 205 g/mol. The molecule has 0 radical (unpaired) electrons. The average molecular weight is 225 g/mol. The molecule has 1 atom stereocenters. The zero-order valence-electron chi connectivity index (χ0n) is 10.2. The molecular formula is C13H20FNO. The predicted molar refractivity (Wildman–Crippen MR) is 63.9 cm³/mol. The lowest BCUT2D eigenvalue weighted by Crippen LogP contribution is -2.43. The van der Waals surface area contributed by atoms with Crippen molar-refractivity contribution >= 4 is 0 Å². The van der Waals surface area contributed by atoms with Crippen LogP contribution in [-0.2, 0) is 11.2 Å². The summed E-state index contributed by atoms with van der Waals surface area (Å²) in [6.07, 6.45) is 0.694. The Bertz CT molecular complexity index is 350. The molecule has 1 aromatic rings. The van der Waals surface area contributed by atoms with E-state index in [1.165, 1.54) is 12.1 Å². The molecule has 0 spiro atoms. The van der Waals surface area contributed by atoms with Gasteiger partial charge >= 0.3 is 0 Å². The predicted octanol–water partition coefficient (Wildman–Crippen LogP) is 2.43. The quantitative estimate of drug-likeness (QED) is 0.835. The van der Waals surface area contributed by atoms with Gasteiger partial charge in [-0.15, -0.1) is 0 Å². The van der Waals surface area contributed by atoms with E-state index >= 15 is 0 Å². The van der Waals surface area contributed by atoms with E-state index in [0.29, 0.717) is 19.6 Å². The van der Waals surface area contributed by atoms with Crippen LogP contribution < -0.4 is 5.73 Å². The van der Waals surface area contributed by atoms with Crippen LogP contribution in [0.3, 0.4) is 0 Å². The second kappa shape index (κ2) is 5.41. The van der Waals surface area contributed by atoms with Crippen molar-refractivity contribution in [2.45, 2.75) is 32.7 Å². The van der Waals surface area contributed by atoms with E-state index in [4.69, 9.17) is 10.5 Å². The Labute approximate surface area is 96.6 Å². The van der Waals surface area contributed by atoms with Crippen LogP contribution >= 0.6 is 0 Å². The number of halogens is 1.